The van der Waals surface area contributed by atoms with Crippen molar-refractivity contribution in [3.63, 3.8) is 0 Å². The summed E-state index contributed by atoms with van der Waals surface area (Å²) >= 11 is 0. The molecule has 0 saturated carbocycles. The molecule has 1 aliphatic rings. The van der Waals surface area contributed by atoms with E-state index in [4.69, 9.17) is 10.5 Å². The first-order valence-corrected chi connectivity index (χ1v) is 6.85. The van der Waals surface area contributed by atoms with Crippen molar-refractivity contribution in [2.24, 2.45) is 11.7 Å². The molecule has 0 spiro atoms. The Hall–Kier alpha value is -1.39. The van der Waals surface area contributed by atoms with Crippen molar-refractivity contribution < 1.29 is 9.53 Å². The highest BCUT2D eigenvalue weighted by Crippen LogP contribution is 2.34. The maximum Gasteiger partial charge on any atom is 0.228 e. The van der Waals surface area contributed by atoms with Crippen LogP contribution in [-0.4, -0.2) is 37.6 Å². The molecule has 4 heteroatoms. The van der Waals surface area contributed by atoms with Crippen molar-refractivity contribution in [1.29, 1.82) is 0 Å². The molecule has 1 aliphatic heterocycles. The SMILES string of the molecule is CN(CCN)C(=O)[C@@H]1CCCO[C@@H]1c1ccccc1. The number of hydrogen-bond donors (Lipinski definition) is 1. The number of benzene rings is 1. The second-order valence-corrected chi connectivity index (χ2v) is 5.00. The lowest BCUT2D eigenvalue weighted by molar-refractivity contribution is -0.144. The first-order valence-electron chi connectivity index (χ1n) is 6.85. The first kappa shape index (κ1) is 14.0. The van der Waals surface area contributed by atoms with Crippen LogP contribution < -0.4 is 5.73 Å². The van der Waals surface area contributed by atoms with Gasteiger partial charge in [-0.3, -0.25) is 4.79 Å². The monoisotopic (exact) mass is 262 g/mol. The summed E-state index contributed by atoms with van der Waals surface area (Å²) in [6, 6.07) is 10.00. The zero-order chi connectivity index (χ0) is 13.7. The molecule has 1 heterocycles. The van der Waals surface area contributed by atoms with Crippen LogP contribution in [0.4, 0.5) is 0 Å². The van der Waals surface area contributed by atoms with Crippen molar-refractivity contribution >= 4 is 5.91 Å². The molecule has 1 saturated heterocycles. The highest BCUT2D eigenvalue weighted by Gasteiger charge is 2.34. The number of amides is 1. The van der Waals surface area contributed by atoms with Crippen LogP contribution in [-0.2, 0) is 9.53 Å². The molecule has 1 aromatic carbocycles. The number of nitrogens with zero attached hydrogens (tertiary/aromatic N) is 1. The van der Waals surface area contributed by atoms with Crippen molar-refractivity contribution in [3.05, 3.63) is 35.9 Å². The number of rotatable bonds is 4. The number of hydrogen-bond acceptors (Lipinski definition) is 3. The van der Waals surface area contributed by atoms with Crippen LogP contribution in [0.3, 0.4) is 0 Å². The van der Waals surface area contributed by atoms with Crippen molar-refractivity contribution in [1.82, 2.24) is 4.90 Å². The van der Waals surface area contributed by atoms with E-state index in [-0.39, 0.29) is 17.9 Å². The number of carbonyl (C=O) groups is 1. The van der Waals surface area contributed by atoms with Gasteiger partial charge in [0.2, 0.25) is 5.91 Å². The molecule has 0 aromatic heterocycles. The molecule has 2 rings (SSSR count). The van der Waals surface area contributed by atoms with Crippen molar-refractivity contribution in [2.45, 2.75) is 18.9 Å². The third kappa shape index (κ3) is 3.33. The van der Waals surface area contributed by atoms with Gasteiger partial charge in [-0.05, 0) is 18.4 Å². The van der Waals surface area contributed by atoms with Crippen molar-refractivity contribution in [3.8, 4) is 0 Å². The van der Waals surface area contributed by atoms with Gasteiger partial charge in [-0.2, -0.15) is 0 Å². The van der Waals surface area contributed by atoms with Crippen LogP contribution in [0.15, 0.2) is 30.3 Å². The lowest BCUT2D eigenvalue weighted by Crippen LogP contribution is -2.40. The van der Waals surface area contributed by atoms with Gasteiger partial charge in [0, 0.05) is 26.7 Å². The predicted octanol–water partition coefficient (Wildman–Crippen LogP) is 1.57. The Kier molecular flexibility index (Phi) is 4.93. The normalized spacial score (nSPS) is 23.1. The fourth-order valence-corrected chi connectivity index (χ4v) is 2.59. The lowest BCUT2D eigenvalue weighted by Gasteiger charge is -2.33. The van der Waals surface area contributed by atoms with Gasteiger partial charge in [-0.1, -0.05) is 30.3 Å². The molecule has 19 heavy (non-hydrogen) atoms. The molecule has 1 fully saturated rings. The van der Waals surface area contributed by atoms with E-state index in [0.717, 1.165) is 25.0 Å². The first-order chi connectivity index (χ1) is 9.24. The van der Waals surface area contributed by atoms with E-state index in [1.165, 1.54) is 0 Å². The molecule has 0 bridgehead atoms. The van der Waals surface area contributed by atoms with E-state index in [1.54, 1.807) is 4.90 Å². The maximum absolute atomic E-state index is 12.5. The van der Waals surface area contributed by atoms with E-state index in [2.05, 4.69) is 0 Å². The van der Waals surface area contributed by atoms with Crippen molar-refractivity contribution in [2.75, 3.05) is 26.7 Å². The van der Waals surface area contributed by atoms with Gasteiger partial charge in [0.15, 0.2) is 0 Å². The Bertz CT molecular complexity index is 408. The summed E-state index contributed by atoms with van der Waals surface area (Å²) in [5.41, 5.74) is 6.60. The summed E-state index contributed by atoms with van der Waals surface area (Å²) in [7, 11) is 1.81. The summed E-state index contributed by atoms with van der Waals surface area (Å²) < 4.78 is 5.85. The molecule has 1 aromatic rings. The maximum atomic E-state index is 12.5. The number of nitrogens with two attached hydrogens (primary N) is 1. The van der Waals surface area contributed by atoms with Crippen LogP contribution >= 0.6 is 0 Å². The Morgan fingerprint density at radius 2 is 2.16 bits per heavy atom. The third-order valence-corrected chi connectivity index (χ3v) is 3.61. The highest BCUT2D eigenvalue weighted by molar-refractivity contribution is 5.79. The van der Waals surface area contributed by atoms with E-state index in [0.29, 0.717) is 13.1 Å². The van der Waals surface area contributed by atoms with Gasteiger partial charge in [-0.15, -0.1) is 0 Å². The smallest absolute Gasteiger partial charge is 0.228 e. The summed E-state index contributed by atoms with van der Waals surface area (Å²) in [5.74, 6) is 0.0479. The molecule has 104 valence electrons. The fourth-order valence-electron chi connectivity index (χ4n) is 2.59. The number of likely N-dealkylation sites (N-methyl/N-ethyl adjacent to an activating group) is 1. The standard InChI is InChI=1S/C15H22N2O2/c1-17(10-9-16)15(18)13-8-5-11-19-14(13)12-6-3-2-4-7-12/h2-4,6-7,13-14H,5,8-11,16H2,1H3/t13-,14-/m1/s1. The lowest BCUT2D eigenvalue weighted by atomic mass is 9.88. The summed E-state index contributed by atoms with van der Waals surface area (Å²) in [6.07, 6.45) is 1.70. The van der Waals surface area contributed by atoms with Crippen LogP contribution in [0.1, 0.15) is 24.5 Å². The zero-order valence-electron chi connectivity index (χ0n) is 11.4. The Morgan fingerprint density at radius 1 is 1.42 bits per heavy atom. The van der Waals surface area contributed by atoms with Crippen LogP contribution in [0.25, 0.3) is 0 Å². The quantitative estimate of drug-likeness (QED) is 0.896. The molecule has 0 unspecified atom stereocenters. The molecular weight excluding hydrogens is 240 g/mol. The fraction of sp³-hybridized carbons (Fsp3) is 0.533. The van der Waals surface area contributed by atoms with Crippen LogP contribution in [0.2, 0.25) is 0 Å². The van der Waals surface area contributed by atoms with Gasteiger partial charge in [-0.25, -0.2) is 0 Å². The van der Waals surface area contributed by atoms with E-state index < -0.39 is 0 Å². The second-order valence-electron chi connectivity index (χ2n) is 5.00. The Balaban J connectivity index is 2.14. The van der Waals surface area contributed by atoms with Gasteiger partial charge in [0.1, 0.15) is 0 Å². The molecule has 2 atom stereocenters. The minimum atomic E-state index is -0.123. The number of ether oxygens (including phenoxy) is 1. The van der Waals surface area contributed by atoms with Gasteiger partial charge < -0.3 is 15.4 Å². The third-order valence-electron chi connectivity index (χ3n) is 3.61. The predicted molar refractivity (Wildman–Crippen MR) is 74.6 cm³/mol. The summed E-state index contributed by atoms with van der Waals surface area (Å²) in [4.78, 5) is 14.2. The van der Waals surface area contributed by atoms with Gasteiger partial charge >= 0.3 is 0 Å². The van der Waals surface area contributed by atoms with Gasteiger partial charge in [0.25, 0.3) is 0 Å². The molecule has 4 nitrogen and oxygen atoms in total. The largest absolute Gasteiger partial charge is 0.373 e. The number of carbonyl (C=O) groups excluding carboxylic acids is 1. The molecule has 2 N–H and O–H groups in total. The highest BCUT2D eigenvalue weighted by atomic mass is 16.5. The van der Waals surface area contributed by atoms with E-state index in [1.807, 2.05) is 37.4 Å². The topological polar surface area (TPSA) is 55.6 Å². The minimum Gasteiger partial charge on any atom is -0.373 e. The van der Waals surface area contributed by atoms with E-state index >= 15 is 0 Å². The molecular formula is C15H22N2O2. The molecule has 0 radical (unpaired) electrons. The molecule has 1 amide bonds. The van der Waals surface area contributed by atoms with Gasteiger partial charge in [0.05, 0.1) is 12.0 Å². The molecule has 0 aliphatic carbocycles. The van der Waals surface area contributed by atoms with Crippen LogP contribution in [0, 0.1) is 5.92 Å². The van der Waals surface area contributed by atoms with E-state index in [9.17, 15) is 4.79 Å². The average molecular weight is 262 g/mol. The summed E-state index contributed by atoms with van der Waals surface area (Å²) in [5, 5.41) is 0. The zero-order valence-corrected chi connectivity index (χ0v) is 11.4. The van der Waals surface area contributed by atoms with Crippen LogP contribution in [0.5, 0.6) is 0 Å². The Morgan fingerprint density at radius 3 is 2.84 bits per heavy atom. The second kappa shape index (κ2) is 6.68. The minimum absolute atomic E-state index is 0.0901. The average Bonchev–Trinajstić information content (AvgIpc) is 2.47. The summed E-state index contributed by atoms with van der Waals surface area (Å²) in [6.45, 7) is 1.81. The Labute approximate surface area is 114 Å².